The lowest BCUT2D eigenvalue weighted by atomic mass is 10.1. The average molecular weight is 277 g/mol. The zero-order chi connectivity index (χ0) is 14.1. The number of amides is 1. The van der Waals surface area contributed by atoms with Crippen LogP contribution in [0.15, 0.2) is 0 Å². The van der Waals surface area contributed by atoms with Gasteiger partial charge in [0.1, 0.15) is 0 Å². The molecule has 9 heteroatoms. The maximum Gasteiger partial charge on any atom is 0.463 e. The van der Waals surface area contributed by atoms with Crippen molar-refractivity contribution >= 4 is 5.91 Å². The lowest BCUT2D eigenvalue weighted by Crippen LogP contribution is -2.59. The summed E-state index contributed by atoms with van der Waals surface area (Å²) >= 11 is 0. The quantitative estimate of drug-likeness (QED) is 0.759. The number of hydrogen-bond donors (Lipinski definition) is 1. The van der Waals surface area contributed by atoms with Crippen LogP contribution < -0.4 is 0 Å². The van der Waals surface area contributed by atoms with Gasteiger partial charge in [0.15, 0.2) is 0 Å². The molecule has 1 aliphatic rings. The maximum absolute atomic E-state index is 12.9. The van der Waals surface area contributed by atoms with Crippen molar-refractivity contribution in [2.45, 2.75) is 31.2 Å². The van der Waals surface area contributed by atoms with E-state index in [1.54, 1.807) is 0 Å². The van der Waals surface area contributed by atoms with Crippen molar-refractivity contribution < 1.29 is 36.6 Å². The second-order valence-corrected chi connectivity index (χ2v) is 4.02. The highest BCUT2D eigenvalue weighted by atomic mass is 19.4. The van der Waals surface area contributed by atoms with Gasteiger partial charge < -0.3 is 14.7 Å². The summed E-state index contributed by atoms with van der Waals surface area (Å²) in [5.41, 5.74) is 0. The molecule has 1 rings (SSSR count). The van der Waals surface area contributed by atoms with Crippen molar-refractivity contribution in [3.8, 4) is 0 Å². The number of carbonyl (C=O) groups excluding carboxylic acids is 1. The molecular weight excluding hydrogens is 265 g/mol. The molecule has 0 saturated carbocycles. The van der Waals surface area contributed by atoms with E-state index in [1.165, 1.54) is 6.92 Å². The molecule has 0 bridgehead atoms. The van der Waals surface area contributed by atoms with E-state index in [4.69, 9.17) is 9.84 Å². The predicted molar refractivity (Wildman–Crippen MR) is 49.0 cm³/mol. The van der Waals surface area contributed by atoms with Crippen molar-refractivity contribution in [3.63, 3.8) is 0 Å². The second kappa shape index (κ2) is 4.96. The fourth-order valence-electron chi connectivity index (χ4n) is 1.51. The molecule has 0 spiro atoms. The molecule has 0 aromatic rings. The first-order chi connectivity index (χ1) is 8.11. The monoisotopic (exact) mass is 277 g/mol. The van der Waals surface area contributed by atoms with Crippen LogP contribution in [0.1, 0.15) is 6.92 Å². The molecule has 1 fully saturated rings. The molecule has 1 amide bonds. The fraction of sp³-hybridized carbons (Fsp3) is 0.889. The molecule has 106 valence electrons. The third-order valence-corrected chi connectivity index (χ3v) is 2.59. The molecule has 2 atom stereocenters. The van der Waals surface area contributed by atoms with E-state index < -0.39 is 43.3 Å². The summed E-state index contributed by atoms with van der Waals surface area (Å²) in [6.07, 6.45) is -6.88. The highest BCUT2D eigenvalue weighted by Crippen LogP contribution is 2.37. The standard InChI is InChI=1S/C9H12F5NO3/c1-5-4-18-6(3-16)2-15(5)7(17)8(10,11)9(12,13)14/h5-6,16H,2-4H2,1H3. The summed E-state index contributed by atoms with van der Waals surface area (Å²) in [7, 11) is 0. The summed E-state index contributed by atoms with van der Waals surface area (Å²) in [5.74, 6) is -7.75. The summed E-state index contributed by atoms with van der Waals surface area (Å²) in [5, 5.41) is 8.77. The van der Waals surface area contributed by atoms with Crippen LogP contribution in [0.4, 0.5) is 22.0 Å². The van der Waals surface area contributed by atoms with Gasteiger partial charge in [-0.3, -0.25) is 4.79 Å². The molecule has 18 heavy (non-hydrogen) atoms. The zero-order valence-electron chi connectivity index (χ0n) is 9.38. The molecule has 0 aliphatic carbocycles. The van der Waals surface area contributed by atoms with Gasteiger partial charge in [0.25, 0.3) is 0 Å². The van der Waals surface area contributed by atoms with Crippen LogP contribution >= 0.6 is 0 Å². The van der Waals surface area contributed by atoms with Gasteiger partial charge in [-0.2, -0.15) is 22.0 Å². The van der Waals surface area contributed by atoms with Crippen molar-refractivity contribution in [2.75, 3.05) is 19.8 Å². The van der Waals surface area contributed by atoms with Crippen LogP contribution in [0.25, 0.3) is 0 Å². The zero-order valence-corrected chi connectivity index (χ0v) is 9.38. The van der Waals surface area contributed by atoms with Crippen LogP contribution in [0.3, 0.4) is 0 Å². The van der Waals surface area contributed by atoms with Gasteiger partial charge in [-0.25, -0.2) is 0 Å². The first kappa shape index (κ1) is 15.1. The van der Waals surface area contributed by atoms with Crippen molar-refractivity contribution in [2.24, 2.45) is 0 Å². The number of morpholine rings is 1. The summed E-state index contributed by atoms with van der Waals surface area (Å²) in [6, 6.07) is -0.909. The molecule has 0 radical (unpaired) electrons. The topological polar surface area (TPSA) is 49.8 Å². The van der Waals surface area contributed by atoms with Crippen LogP contribution in [-0.4, -0.2) is 59.9 Å². The number of aliphatic hydroxyl groups is 1. The van der Waals surface area contributed by atoms with Crippen molar-refractivity contribution in [3.05, 3.63) is 0 Å². The minimum Gasteiger partial charge on any atom is -0.394 e. The molecule has 2 unspecified atom stereocenters. The Labute approximate surface area is 99.3 Å². The lowest BCUT2D eigenvalue weighted by molar-refractivity contribution is -0.277. The Kier molecular flexibility index (Phi) is 4.16. The number of rotatable bonds is 2. The molecule has 4 nitrogen and oxygen atoms in total. The summed E-state index contributed by atoms with van der Waals surface area (Å²) < 4.78 is 66.9. The highest BCUT2D eigenvalue weighted by molar-refractivity contribution is 5.84. The highest BCUT2D eigenvalue weighted by Gasteiger charge is 2.65. The number of hydrogen-bond acceptors (Lipinski definition) is 3. The van der Waals surface area contributed by atoms with Crippen LogP contribution in [0.2, 0.25) is 0 Å². The molecule has 1 saturated heterocycles. The van der Waals surface area contributed by atoms with Crippen molar-refractivity contribution in [1.29, 1.82) is 0 Å². The summed E-state index contributed by atoms with van der Waals surface area (Å²) in [4.78, 5) is 11.6. The Morgan fingerprint density at radius 2 is 1.94 bits per heavy atom. The Morgan fingerprint density at radius 3 is 2.39 bits per heavy atom. The Hall–Kier alpha value is -0.960. The molecule has 0 aromatic carbocycles. The van der Waals surface area contributed by atoms with E-state index in [9.17, 15) is 26.7 Å². The van der Waals surface area contributed by atoms with Gasteiger partial charge in [-0.05, 0) is 6.92 Å². The van der Waals surface area contributed by atoms with Gasteiger partial charge in [-0.1, -0.05) is 0 Å². The van der Waals surface area contributed by atoms with Gasteiger partial charge in [0, 0.05) is 6.54 Å². The molecule has 1 aliphatic heterocycles. The number of aliphatic hydroxyl groups excluding tert-OH is 1. The first-order valence-corrected chi connectivity index (χ1v) is 5.09. The molecule has 0 aromatic heterocycles. The largest absolute Gasteiger partial charge is 0.463 e. The van der Waals surface area contributed by atoms with Gasteiger partial charge in [0.2, 0.25) is 0 Å². The van der Waals surface area contributed by atoms with Crippen LogP contribution in [0.5, 0.6) is 0 Å². The minimum absolute atomic E-state index is 0.203. The maximum atomic E-state index is 12.9. The number of ether oxygens (including phenoxy) is 1. The lowest BCUT2D eigenvalue weighted by Gasteiger charge is -2.39. The third-order valence-electron chi connectivity index (χ3n) is 2.59. The van der Waals surface area contributed by atoms with Crippen LogP contribution in [-0.2, 0) is 9.53 Å². The first-order valence-electron chi connectivity index (χ1n) is 5.09. The molecular formula is C9H12F5NO3. The van der Waals surface area contributed by atoms with E-state index >= 15 is 0 Å². The van der Waals surface area contributed by atoms with E-state index in [2.05, 4.69) is 0 Å². The normalized spacial score (nSPS) is 26.3. The summed E-state index contributed by atoms with van der Waals surface area (Å²) in [6.45, 7) is 0.0269. The number of halogens is 5. The predicted octanol–water partition coefficient (Wildman–Crippen LogP) is 0.792. The van der Waals surface area contributed by atoms with E-state index in [-0.39, 0.29) is 6.61 Å². The second-order valence-electron chi connectivity index (χ2n) is 4.02. The van der Waals surface area contributed by atoms with Gasteiger partial charge in [-0.15, -0.1) is 0 Å². The molecule has 1 N–H and O–H groups in total. The number of alkyl halides is 5. The fourth-order valence-corrected chi connectivity index (χ4v) is 1.51. The minimum atomic E-state index is -5.93. The third kappa shape index (κ3) is 2.72. The molecule has 1 heterocycles. The van der Waals surface area contributed by atoms with Gasteiger partial charge in [0.05, 0.1) is 25.4 Å². The Morgan fingerprint density at radius 1 is 1.39 bits per heavy atom. The van der Waals surface area contributed by atoms with Crippen LogP contribution in [0, 0.1) is 0 Å². The number of nitrogens with zero attached hydrogens (tertiary/aromatic N) is 1. The van der Waals surface area contributed by atoms with Gasteiger partial charge >= 0.3 is 18.0 Å². The van der Waals surface area contributed by atoms with E-state index in [0.717, 1.165) is 0 Å². The SMILES string of the molecule is CC1COC(CO)CN1C(=O)C(F)(F)C(F)(F)F. The Bertz CT molecular complexity index is 320. The average Bonchev–Trinajstić information content (AvgIpc) is 2.27. The Balaban J connectivity index is 2.88. The smallest absolute Gasteiger partial charge is 0.394 e. The van der Waals surface area contributed by atoms with Crippen molar-refractivity contribution in [1.82, 2.24) is 4.90 Å². The number of carbonyl (C=O) groups is 1. The van der Waals surface area contributed by atoms with E-state index in [0.29, 0.717) is 4.90 Å². The van der Waals surface area contributed by atoms with E-state index in [1.807, 2.05) is 0 Å².